The van der Waals surface area contributed by atoms with Gasteiger partial charge in [-0.1, -0.05) is 17.2 Å². The molecule has 0 unspecified atom stereocenters. The molecule has 0 atom stereocenters. The number of rotatable bonds is 0. The van der Waals surface area contributed by atoms with Gasteiger partial charge >= 0.3 is 11.8 Å². The number of amides is 2. The van der Waals surface area contributed by atoms with Crippen molar-refractivity contribution in [2.45, 2.75) is 0 Å². The number of fused-ring (bicyclic) bond motifs is 1. The summed E-state index contributed by atoms with van der Waals surface area (Å²) in [5, 5.41) is 8.34. The van der Waals surface area contributed by atoms with Gasteiger partial charge in [-0.3, -0.25) is 0 Å². The van der Waals surface area contributed by atoms with Crippen molar-refractivity contribution in [3.8, 4) is 0 Å². The molecule has 1 aromatic rings. The summed E-state index contributed by atoms with van der Waals surface area (Å²) in [5.41, 5.74) is 0.583. The van der Waals surface area contributed by atoms with E-state index in [-0.39, 0.29) is 0 Å². The van der Waals surface area contributed by atoms with E-state index in [4.69, 9.17) is 5.21 Å². The van der Waals surface area contributed by atoms with Crippen molar-refractivity contribution in [3.05, 3.63) is 35.4 Å². The first-order chi connectivity index (χ1) is 5.72. The summed E-state index contributed by atoms with van der Waals surface area (Å²) in [6.07, 6.45) is 0. The standard InChI is InChI=1S/C8H5NO3/c10-7-5-3-1-2-4-6(5)8(11)9(7)12/h1-4,12H/p+1. The molecule has 1 aliphatic heterocycles. The lowest BCUT2D eigenvalue weighted by Gasteiger charge is -1.91. The zero-order chi connectivity index (χ0) is 8.72. The van der Waals surface area contributed by atoms with Crippen LogP contribution in [0.2, 0.25) is 0 Å². The van der Waals surface area contributed by atoms with Crippen LogP contribution >= 0.6 is 0 Å². The lowest BCUT2D eigenvalue weighted by molar-refractivity contribution is -0.942. The summed E-state index contributed by atoms with van der Waals surface area (Å²) < 4.78 is 0. The Balaban J connectivity index is 2.67. The van der Waals surface area contributed by atoms with Crippen LogP contribution in [0.4, 0.5) is 0 Å². The zero-order valence-corrected chi connectivity index (χ0v) is 6.07. The molecule has 0 saturated carbocycles. The maximum absolute atomic E-state index is 11.1. The van der Waals surface area contributed by atoms with E-state index < -0.39 is 16.9 Å². The van der Waals surface area contributed by atoms with Crippen LogP contribution in [0.5, 0.6) is 0 Å². The van der Waals surface area contributed by atoms with E-state index in [1.807, 2.05) is 0 Å². The molecular weight excluding hydrogens is 158 g/mol. The predicted molar refractivity (Wildman–Crippen MR) is 37.9 cm³/mol. The van der Waals surface area contributed by atoms with Crippen LogP contribution in [0, 0.1) is 0 Å². The third-order valence-corrected chi connectivity index (χ3v) is 1.85. The number of hydrogen-bond acceptors (Lipinski definition) is 3. The number of carbonyl (C=O) groups excluding carboxylic acids is 2. The van der Waals surface area contributed by atoms with Gasteiger partial charge in [-0.2, -0.15) is 0 Å². The van der Waals surface area contributed by atoms with Crippen LogP contribution in [0.1, 0.15) is 20.7 Å². The van der Waals surface area contributed by atoms with Crippen molar-refractivity contribution in [2.75, 3.05) is 0 Å². The molecular formula is C8H6NO3+. The number of nitrogens with one attached hydrogen (secondary N) is 1. The van der Waals surface area contributed by atoms with Crippen molar-refractivity contribution < 1.29 is 19.9 Å². The summed E-state index contributed by atoms with van der Waals surface area (Å²) in [6, 6.07) is 6.36. The second-order valence-electron chi connectivity index (χ2n) is 2.55. The normalized spacial score (nSPS) is 16.8. The maximum Gasteiger partial charge on any atom is 0.385 e. The molecule has 2 amide bonds. The van der Waals surface area contributed by atoms with Crippen LogP contribution in [0.3, 0.4) is 0 Å². The van der Waals surface area contributed by atoms with Crippen molar-refractivity contribution in [2.24, 2.45) is 0 Å². The van der Waals surface area contributed by atoms with Gasteiger partial charge in [-0.15, -0.1) is 0 Å². The second kappa shape index (κ2) is 2.23. The first-order valence-electron chi connectivity index (χ1n) is 3.46. The number of hydrogen-bond donors (Lipinski definition) is 2. The third-order valence-electron chi connectivity index (χ3n) is 1.85. The SMILES string of the molecule is O=C1c2ccccc2C(=O)[NH+]1O. The Kier molecular flexibility index (Phi) is 1.33. The Labute approximate surface area is 68.0 Å². The van der Waals surface area contributed by atoms with E-state index in [0.717, 1.165) is 0 Å². The van der Waals surface area contributed by atoms with Crippen molar-refractivity contribution in [3.63, 3.8) is 0 Å². The minimum Gasteiger partial charge on any atom is -0.222 e. The Hall–Kier alpha value is -1.52. The quantitative estimate of drug-likeness (QED) is 0.392. The average Bonchev–Trinajstić information content (AvgIpc) is 2.33. The van der Waals surface area contributed by atoms with Crippen molar-refractivity contribution in [1.82, 2.24) is 0 Å². The molecule has 60 valence electrons. The zero-order valence-electron chi connectivity index (χ0n) is 6.07. The van der Waals surface area contributed by atoms with E-state index in [2.05, 4.69) is 0 Å². The Morgan fingerprint density at radius 3 is 1.83 bits per heavy atom. The van der Waals surface area contributed by atoms with Gasteiger partial charge in [0.25, 0.3) is 0 Å². The highest BCUT2D eigenvalue weighted by Gasteiger charge is 2.41. The van der Waals surface area contributed by atoms with E-state index in [1.54, 1.807) is 12.1 Å². The second-order valence-corrected chi connectivity index (χ2v) is 2.55. The molecule has 1 aliphatic rings. The molecule has 0 aromatic heterocycles. The van der Waals surface area contributed by atoms with Crippen LogP contribution < -0.4 is 5.06 Å². The minimum absolute atomic E-state index is 0.292. The van der Waals surface area contributed by atoms with Crippen LogP contribution in [-0.2, 0) is 0 Å². The van der Waals surface area contributed by atoms with E-state index in [1.165, 1.54) is 12.1 Å². The van der Waals surface area contributed by atoms with Crippen molar-refractivity contribution in [1.29, 1.82) is 0 Å². The third kappa shape index (κ3) is 0.731. The molecule has 0 radical (unpaired) electrons. The molecule has 4 nitrogen and oxygen atoms in total. The lowest BCUT2D eigenvalue weighted by Crippen LogP contribution is -3.12. The van der Waals surface area contributed by atoms with Gasteiger partial charge in [0.15, 0.2) is 0 Å². The summed E-state index contributed by atoms with van der Waals surface area (Å²) in [4.78, 5) is 22.2. The lowest BCUT2D eigenvalue weighted by atomic mass is 10.1. The molecule has 2 N–H and O–H groups in total. The van der Waals surface area contributed by atoms with Crippen molar-refractivity contribution >= 4 is 11.8 Å². The van der Waals surface area contributed by atoms with Gasteiger partial charge in [0.2, 0.25) is 0 Å². The molecule has 0 fully saturated rings. The average molecular weight is 164 g/mol. The van der Waals surface area contributed by atoms with Gasteiger partial charge in [0.05, 0.1) is 11.1 Å². The van der Waals surface area contributed by atoms with Gasteiger partial charge in [-0.05, 0) is 12.1 Å². The van der Waals surface area contributed by atoms with Gasteiger partial charge in [0, 0.05) is 0 Å². The number of quaternary nitrogens is 1. The molecule has 1 aromatic carbocycles. The summed E-state index contributed by atoms with van der Waals surface area (Å²) in [5.74, 6) is -1.15. The fraction of sp³-hybridized carbons (Fsp3) is 0. The van der Waals surface area contributed by atoms with Gasteiger partial charge in [-0.25, -0.2) is 14.8 Å². The van der Waals surface area contributed by atoms with Crippen LogP contribution in [0.25, 0.3) is 0 Å². The molecule has 2 rings (SSSR count). The largest absolute Gasteiger partial charge is 0.385 e. The molecule has 0 bridgehead atoms. The van der Waals surface area contributed by atoms with Crippen LogP contribution in [0.15, 0.2) is 24.3 Å². The van der Waals surface area contributed by atoms with E-state index >= 15 is 0 Å². The first-order valence-corrected chi connectivity index (χ1v) is 3.46. The minimum atomic E-state index is -0.670. The summed E-state index contributed by atoms with van der Waals surface area (Å²) in [7, 11) is 0. The fourth-order valence-electron chi connectivity index (χ4n) is 1.24. The number of imide groups is 1. The van der Waals surface area contributed by atoms with Gasteiger partial charge < -0.3 is 0 Å². The molecule has 1 heterocycles. The Morgan fingerprint density at radius 1 is 1.00 bits per heavy atom. The van der Waals surface area contributed by atoms with Gasteiger partial charge in [0.1, 0.15) is 0 Å². The van der Waals surface area contributed by atoms with Crippen LogP contribution in [-0.4, -0.2) is 17.0 Å². The highest BCUT2D eigenvalue weighted by molar-refractivity contribution is 6.10. The molecule has 0 saturated heterocycles. The molecule has 12 heavy (non-hydrogen) atoms. The Bertz CT molecular complexity index is 337. The Morgan fingerprint density at radius 2 is 1.42 bits per heavy atom. The highest BCUT2D eigenvalue weighted by atomic mass is 16.5. The molecule has 4 heteroatoms. The highest BCUT2D eigenvalue weighted by Crippen LogP contribution is 2.10. The number of carbonyl (C=O) groups is 2. The topological polar surface area (TPSA) is 58.8 Å². The fourth-order valence-corrected chi connectivity index (χ4v) is 1.24. The predicted octanol–water partition coefficient (Wildman–Crippen LogP) is -0.745. The monoisotopic (exact) mass is 164 g/mol. The van der Waals surface area contributed by atoms with E-state index in [0.29, 0.717) is 11.1 Å². The smallest absolute Gasteiger partial charge is 0.222 e. The van der Waals surface area contributed by atoms with E-state index in [9.17, 15) is 9.59 Å². The number of benzene rings is 1. The summed E-state index contributed by atoms with van der Waals surface area (Å²) in [6.45, 7) is 0. The first kappa shape index (κ1) is 7.15. The maximum atomic E-state index is 11.1. The molecule has 0 aliphatic carbocycles. The number of hydroxylamine groups is 2. The molecule has 0 spiro atoms. The summed E-state index contributed by atoms with van der Waals surface area (Å²) >= 11 is 0.